The quantitative estimate of drug-likeness (QED) is 0.374. The Kier molecular flexibility index (Phi) is 7.99. The van der Waals surface area contributed by atoms with Crippen LogP contribution in [0.5, 0.6) is 0 Å². The molecule has 1 aliphatic rings. The minimum Gasteiger partial charge on any atom is -0.444 e. The number of rotatable bonds is 6. The summed E-state index contributed by atoms with van der Waals surface area (Å²) in [6.07, 6.45) is -0.288. The van der Waals surface area contributed by atoms with Crippen LogP contribution in [0.3, 0.4) is 0 Å². The van der Waals surface area contributed by atoms with Gasteiger partial charge >= 0.3 is 6.09 Å². The Labute approximate surface area is 150 Å². The Morgan fingerprint density at radius 2 is 1.88 bits per heavy atom. The Morgan fingerprint density at radius 3 is 2.40 bits per heavy atom. The maximum absolute atomic E-state index is 11.9. The average molecular weight is 355 g/mol. The fourth-order valence-corrected chi connectivity index (χ4v) is 2.11. The van der Waals surface area contributed by atoms with Gasteiger partial charge in [0.15, 0.2) is 5.96 Å². The molecule has 25 heavy (non-hydrogen) atoms. The van der Waals surface area contributed by atoms with E-state index in [1.165, 1.54) is 0 Å². The van der Waals surface area contributed by atoms with E-state index in [4.69, 9.17) is 4.74 Å². The number of carbonyl (C=O) groups excluding carboxylic acids is 2. The zero-order valence-electron chi connectivity index (χ0n) is 16.3. The summed E-state index contributed by atoms with van der Waals surface area (Å²) in [5.41, 5.74) is -0.480. The van der Waals surface area contributed by atoms with Crippen molar-refractivity contribution >= 4 is 18.0 Å². The Morgan fingerprint density at radius 1 is 1.24 bits per heavy atom. The number of aliphatic imine (C=N–C) groups is 1. The molecular formula is C17H33N5O3. The molecule has 2 amide bonds. The van der Waals surface area contributed by atoms with Crippen molar-refractivity contribution < 1.29 is 14.3 Å². The smallest absolute Gasteiger partial charge is 0.410 e. The predicted molar refractivity (Wildman–Crippen MR) is 98.6 cm³/mol. The minimum atomic E-state index is -0.480. The van der Waals surface area contributed by atoms with Crippen LogP contribution >= 0.6 is 0 Å². The lowest BCUT2D eigenvalue weighted by Crippen LogP contribution is -2.63. The van der Waals surface area contributed by atoms with Gasteiger partial charge in [-0.2, -0.15) is 0 Å². The van der Waals surface area contributed by atoms with Crippen LogP contribution in [0.2, 0.25) is 0 Å². The highest BCUT2D eigenvalue weighted by atomic mass is 16.6. The molecule has 0 bridgehead atoms. The second-order valence-electron chi connectivity index (χ2n) is 7.43. The van der Waals surface area contributed by atoms with E-state index in [0.717, 1.165) is 6.54 Å². The predicted octanol–water partition coefficient (Wildman–Crippen LogP) is 0.933. The van der Waals surface area contributed by atoms with E-state index in [2.05, 4.69) is 20.9 Å². The van der Waals surface area contributed by atoms with Gasteiger partial charge in [0.2, 0.25) is 5.91 Å². The van der Waals surface area contributed by atoms with E-state index in [1.807, 2.05) is 41.5 Å². The molecule has 0 aromatic heterocycles. The minimum absolute atomic E-state index is 0.0239. The number of hydrogen-bond acceptors (Lipinski definition) is 4. The number of ether oxygens (including phenoxy) is 1. The van der Waals surface area contributed by atoms with Gasteiger partial charge in [-0.3, -0.25) is 9.79 Å². The lowest BCUT2D eigenvalue weighted by Gasteiger charge is -2.40. The Bertz CT molecular complexity index is 479. The summed E-state index contributed by atoms with van der Waals surface area (Å²) in [4.78, 5) is 29.5. The number of amides is 2. The number of guanidine groups is 1. The molecule has 0 saturated carbocycles. The molecule has 1 heterocycles. The van der Waals surface area contributed by atoms with E-state index in [1.54, 1.807) is 4.90 Å². The summed E-state index contributed by atoms with van der Waals surface area (Å²) in [5.74, 6) is 0.694. The zero-order valence-corrected chi connectivity index (χ0v) is 16.3. The molecule has 1 aliphatic heterocycles. The second-order valence-corrected chi connectivity index (χ2v) is 7.43. The molecule has 0 unspecified atom stereocenters. The van der Waals surface area contributed by atoms with Gasteiger partial charge < -0.3 is 25.6 Å². The van der Waals surface area contributed by atoms with Gasteiger partial charge in [-0.05, 0) is 27.7 Å². The van der Waals surface area contributed by atoms with E-state index in [9.17, 15) is 9.59 Å². The van der Waals surface area contributed by atoms with Gasteiger partial charge in [-0.1, -0.05) is 13.8 Å². The van der Waals surface area contributed by atoms with Crippen molar-refractivity contribution in [3.05, 3.63) is 0 Å². The van der Waals surface area contributed by atoms with Crippen LogP contribution in [0.25, 0.3) is 0 Å². The van der Waals surface area contributed by atoms with Gasteiger partial charge in [-0.15, -0.1) is 0 Å². The monoisotopic (exact) mass is 355 g/mol. The first-order valence-electron chi connectivity index (χ1n) is 8.93. The first kappa shape index (κ1) is 21.1. The van der Waals surface area contributed by atoms with E-state index in [-0.39, 0.29) is 24.0 Å². The van der Waals surface area contributed by atoms with Crippen molar-refractivity contribution in [2.45, 2.75) is 53.2 Å². The van der Waals surface area contributed by atoms with Crippen molar-refractivity contribution in [1.82, 2.24) is 20.9 Å². The van der Waals surface area contributed by atoms with Gasteiger partial charge in [-0.25, -0.2) is 4.79 Å². The summed E-state index contributed by atoms with van der Waals surface area (Å²) in [6, 6.07) is 0.149. The largest absolute Gasteiger partial charge is 0.444 e. The number of nitrogens with one attached hydrogen (secondary N) is 3. The molecule has 8 heteroatoms. The lowest BCUT2D eigenvalue weighted by molar-refractivity contribution is -0.123. The number of carbonyl (C=O) groups is 2. The summed E-state index contributed by atoms with van der Waals surface area (Å²) in [5, 5.41) is 9.29. The molecule has 0 radical (unpaired) electrons. The van der Waals surface area contributed by atoms with Crippen molar-refractivity contribution in [2.75, 3.05) is 32.7 Å². The molecule has 1 fully saturated rings. The topological polar surface area (TPSA) is 95.1 Å². The highest BCUT2D eigenvalue weighted by Gasteiger charge is 2.34. The van der Waals surface area contributed by atoms with Crippen LogP contribution in [0, 0.1) is 5.92 Å². The lowest BCUT2D eigenvalue weighted by atomic mass is 10.1. The molecule has 144 valence electrons. The van der Waals surface area contributed by atoms with Crippen LogP contribution in [0.15, 0.2) is 4.99 Å². The van der Waals surface area contributed by atoms with Crippen LogP contribution in [-0.2, 0) is 9.53 Å². The third kappa shape index (κ3) is 8.09. The van der Waals surface area contributed by atoms with Gasteiger partial charge in [0.05, 0.1) is 12.6 Å². The molecule has 3 N–H and O–H groups in total. The number of nitrogens with zero attached hydrogens (tertiary/aromatic N) is 2. The first-order chi connectivity index (χ1) is 11.6. The summed E-state index contributed by atoms with van der Waals surface area (Å²) < 4.78 is 5.34. The molecule has 0 spiro atoms. The van der Waals surface area contributed by atoms with Crippen LogP contribution < -0.4 is 16.0 Å². The SMILES string of the molecule is CCNC(=NCCNC(=O)C(C)C)NC1CN(C(=O)OC(C)(C)C)C1. The highest BCUT2D eigenvalue weighted by molar-refractivity contribution is 5.81. The van der Waals surface area contributed by atoms with Crippen LogP contribution in [0.4, 0.5) is 4.79 Å². The van der Waals surface area contributed by atoms with E-state index in [0.29, 0.717) is 32.1 Å². The third-order valence-corrected chi connectivity index (χ3v) is 3.42. The maximum atomic E-state index is 11.9. The van der Waals surface area contributed by atoms with Crippen LogP contribution in [0.1, 0.15) is 41.5 Å². The zero-order chi connectivity index (χ0) is 19.0. The number of hydrogen-bond donors (Lipinski definition) is 3. The van der Waals surface area contributed by atoms with Gasteiger partial charge in [0.25, 0.3) is 0 Å². The van der Waals surface area contributed by atoms with Crippen molar-refractivity contribution in [2.24, 2.45) is 10.9 Å². The van der Waals surface area contributed by atoms with Crippen molar-refractivity contribution in [1.29, 1.82) is 0 Å². The molecule has 1 rings (SSSR count). The fourth-order valence-electron chi connectivity index (χ4n) is 2.11. The maximum Gasteiger partial charge on any atom is 0.410 e. The van der Waals surface area contributed by atoms with E-state index >= 15 is 0 Å². The van der Waals surface area contributed by atoms with Crippen molar-refractivity contribution in [3.63, 3.8) is 0 Å². The first-order valence-corrected chi connectivity index (χ1v) is 8.93. The standard InChI is InChI=1S/C17H33N5O3/c1-7-18-15(20-9-8-19-14(23)12(2)3)21-13-10-22(11-13)16(24)25-17(4,5)6/h12-13H,7-11H2,1-6H3,(H,19,23)(H2,18,20,21). The summed E-state index contributed by atoms with van der Waals surface area (Å²) in [6.45, 7) is 14.2. The van der Waals surface area contributed by atoms with Gasteiger partial charge in [0, 0.05) is 32.1 Å². The highest BCUT2D eigenvalue weighted by Crippen LogP contribution is 2.15. The van der Waals surface area contributed by atoms with Gasteiger partial charge in [0.1, 0.15) is 5.60 Å². The molecular weight excluding hydrogens is 322 g/mol. The molecule has 0 aliphatic carbocycles. The van der Waals surface area contributed by atoms with Crippen LogP contribution in [-0.4, -0.2) is 67.2 Å². The second kappa shape index (κ2) is 9.48. The molecule has 1 saturated heterocycles. The average Bonchev–Trinajstić information content (AvgIpc) is 2.44. The molecule has 8 nitrogen and oxygen atoms in total. The Balaban J connectivity index is 2.35. The Hall–Kier alpha value is -1.99. The third-order valence-electron chi connectivity index (χ3n) is 3.42. The summed E-state index contributed by atoms with van der Waals surface area (Å²) in [7, 11) is 0. The normalized spacial score (nSPS) is 15.6. The number of likely N-dealkylation sites (tertiary alicyclic amines) is 1. The molecule has 0 aromatic rings. The summed E-state index contributed by atoms with van der Waals surface area (Å²) >= 11 is 0. The van der Waals surface area contributed by atoms with Crippen molar-refractivity contribution in [3.8, 4) is 0 Å². The molecule has 0 atom stereocenters. The fraction of sp³-hybridized carbons (Fsp3) is 0.824. The van der Waals surface area contributed by atoms with E-state index < -0.39 is 5.60 Å². The molecule has 0 aromatic carbocycles.